The lowest BCUT2D eigenvalue weighted by atomic mass is 10.2. The summed E-state index contributed by atoms with van der Waals surface area (Å²) < 4.78 is 0. The zero-order valence-electron chi connectivity index (χ0n) is 11.8. The van der Waals surface area contributed by atoms with Gasteiger partial charge in [-0.3, -0.25) is 4.79 Å². The molecule has 0 bridgehead atoms. The maximum absolute atomic E-state index is 12.4. The first kappa shape index (κ1) is 15.5. The van der Waals surface area contributed by atoms with E-state index in [1.54, 1.807) is 0 Å². The van der Waals surface area contributed by atoms with Crippen molar-refractivity contribution in [2.75, 3.05) is 19.6 Å². The molecule has 2 heterocycles. The molecule has 6 nitrogen and oxygen atoms in total. The van der Waals surface area contributed by atoms with Gasteiger partial charge < -0.3 is 10.2 Å². The lowest BCUT2D eigenvalue weighted by molar-refractivity contribution is 0.0702. The molecule has 0 aliphatic carbocycles. The highest BCUT2D eigenvalue weighted by molar-refractivity contribution is 5.92. The van der Waals surface area contributed by atoms with Gasteiger partial charge in [0.25, 0.3) is 5.91 Å². The molecule has 0 spiro atoms. The number of halogens is 1. The Hall–Kier alpha value is -1.92. The molecule has 3 rings (SSSR count). The van der Waals surface area contributed by atoms with Gasteiger partial charge in [-0.05, 0) is 19.1 Å². The van der Waals surface area contributed by atoms with E-state index in [0.717, 1.165) is 12.2 Å². The average Bonchev–Trinajstić information content (AvgIpc) is 2.97. The molecule has 7 heteroatoms. The summed E-state index contributed by atoms with van der Waals surface area (Å²) >= 11 is 0. The van der Waals surface area contributed by atoms with Gasteiger partial charge in [0.2, 0.25) is 0 Å². The van der Waals surface area contributed by atoms with Crippen molar-refractivity contribution in [2.24, 2.45) is 0 Å². The summed E-state index contributed by atoms with van der Waals surface area (Å²) in [5, 5.41) is 11.8. The fourth-order valence-corrected chi connectivity index (χ4v) is 2.33. The van der Waals surface area contributed by atoms with Gasteiger partial charge in [-0.2, -0.15) is 9.90 Å². The van der Waals surface area contributed by atoms with Gasteiger partial charge in [0.05, 0.1) is 11.9 Å². The minimum absolute atomic E-state index is 0. The van der Waals surface area contributed by atoms with E-state index in [9.17, 15) is 4.79 Å². The first-order valence-electron chi connectivity index (χ1n) is 6.74. The number of carbonyl (C=O) groups excluding carboxylic acids is 1. The van der Waals surface area contributed by atoms with Crippen LogP contribution < -0.4 is 5.32 Å². The Morgan fingerprint density at radius 1 is 1.33 bits per heavy atom. The maximum Gasteiger partial charge on any atom is 0.276 e. The molecule has 1 aromatic carbocycles. The van der Waals surface area contributed by atoms with E-state index in [-0.39, 0.29) is 18.3 Å². The Labute approximate surface area is 129 Å². The molecule has 112 valence electrons. The molecular formula is C14H18ClN5O. The molecule has 1 saturated heterocycles. The third kappa shape index (κ3) is 3.40. The number of hydrogen-bond acceptors (Lipinski definition) is 4. The van der Waals surface area contributed by atoms with Crippen molar-refractivity contribution in [1.29, 1.82) is 0 Å². The second kappa shape index (κ2) is 6.69. The smallest absolute Gasteiger partial charge is 0.276 e. The lowest BCUT2D eigenvalue weighted by Gasteiger charge is -2.31. The third-order valence-electron chi connectivity index (χ3n) is 3.35. The van der Waals surface area contributed by atoms with Crippen molar-refractivity contribution < 1.29 is 4.79 Å². The van der Waals surface area contributed by atoms with E-state index in [0.29, 0.717) is 24.8 Å². The lowest BCUT2D eigenvalue weighted by Crippen LogP contribution is -2.51. The molecule has 21 heavy (non-hydrogen) atoms. The first-order chi connectivity index (χ1) is 9.74. The van der Waals surface area contributed by atoms with Crippen molar-refractivity contribution in [1.82, 2.24) is 25.2 Å². The maximum atomic E-state index is 12.4. The van der Waals surface area contributed by atoms with E-state index >= 15 is 0 Å². The fourth-order valence-electron chi connectivity index (χ4n) is 2.33. The van der Waals surface area contributed by atoms with Gasteiger partial charge >= 0.3 is 0 Å². The number of hydrogen-bond donors (Lipinski definition) is 1. The number of benzene rings is 1. The summed E-state index contributed by atoms with van der Waals surface area (Å²) in [4.78, 5) is 15.7. The molecule has 1 aliphatic rings. The monoisotopic (exact) mass is 307 g/mol. The van der Waals surface area contributed by atoms with Crippen molar-refractivity contribution >= 4 is 18.3 Å². The van der Waals surface area contributed by atoms with Crippen LogP contribution in [0.5, 0.6) is 0 Å². The Balaban J connectivity index is 0.00000161. The largest absolute Gasteiger partial charge is 0.334 e. The van der Waals surface area contributed by atoms with Gasteiger partial charge in [0, 0.05) is 25.7 Å². The van der Waals surface area contributed by atoms with Crippen LogP contribution in [0, 0.1) is 0 Å². The molecule has 1 fully saturated rings. The second-order valence-corrected chi connectivity index (χ2v) is 4.96. The van der Waals surface area contributed by atoms with Crippen molar-refractivity contribution in [2.45, 2.75) is 13.0 Å². The second-order valence-electron chi connectivity index (χ2n) is 4.96. The normalized spacial score (nSPS) is 18.1. The topological polar surface area (TPSA) is 63.1 Å². The number of aromatic nitrogens is 3. The average molecular weight is 308 g/mol. The highest BCUT2D eigenvalue weighted by Gasteiger charge is 2.23. The predicted octanol–water partition coefficient (Wildman–Crippen LogP) is 1.12. The SMILES string of the molecule is C[C@@H]1CN(C(=O)c2cnn(-c3ccccc3)n2)CCN1.Cl. The van der Waals surface area contributed by atoms with Crippen molar-refractivity contribution in [3.8, 4) is 5.69 Å². The van der Waals surface area contributed by atoms with Gasteiger partial charge in [-0.25, -0.2) is 0 Å². The molecular weight excluding hydrogens is 290 g/mol. The summed E-state index contributed by atoms with van der Waals surface area (Å²) in [6, 6.07) is 9.89. The van der Waals surface area contributed by atoms with Crippen molar-refractivity contribution in [3.05, 3.63) is 42.2 Å². The zero-order valence-corrected chi connectivity index (χ0v) is 12.6. The van der Waals surface area contributed by atoms with Crippen LogP contribution in [0.2, 0.25) is 0 Å². The molecule has 0 radical (unpaired) electrons. The molecule has 1 N–H and O–H groups in total. The summed E-state index contributed by atoms with van der Waals surface area (Å²) in [7, 11) is 0. The number of para-hydroxylation sites is 1. The molecule has 0 unspecified atom stereocenters. The van der Waals surface area contributed by atoms with Crippen LogP contribution in [-0.4, -0.2) is 51.5 Å². The van der Waals surface area contributed by atoms with Crippen LogP contribution in [0.25, 0.3) is 5.69 Å². The summed E-state index contributed by atoms with van der Waals surface area (Å²) in [5.41, 5.74) is 1.24. The number of amides is 1. The Bertz CT molecular complexity index is 600. The first-order valence-corrected chi connectivity index (χ1v) is 6.74. The third-order valence-corrected chi connectivity index (χ3v) is 3.35. The Morgan fingerprint density at radius 2 is 2.10 bits per heavy atom. The predicted molar refractivity (Wildman–Crippen MR) is 82.0 cm³/mol. The van der Waals surface area contributed by atoms with E-state index in [4.69, 9.17) is 0 Å². The Morgan fingerprint density at radius 3 is 2.81 bits per heavy atom. The zero-order chi connectivity index (χ0) is 13.9. The highest BCUT2D eigenvalue weighted by atomic mass is 35.5. The van der Waals surface area contributed by atoms with Gasteiger partial charge in [-0.15, -0.1) is 17.5 Å². The Kier molecular flexibility index (Phi) is 4.93. The molecule has 0 saturated carbocycles. The van der Waals surface area contributed by atoms with Gasteiger partial charge in [0.15, 0.2) is 5.69 Å². The van der Waals surface area contributed by atoms with Crippen LogP contribution >= 0.6 is 12.4 Å². The van der Waals surface area contributed by atoms with Crippen LogP contribution in [-0.2, 0) is 0 Å². The van der Waals surface area contributed by atoms with Crippen LogP contribution in [0.3, 0.4) is 0 Å². The number of carbonyl (C=O) groups is 1. The number of rotatable bonds is 2. The summed E-state index contributed by atoms with van der Waals surface area (Å²) in [5.74, 6) is -0.0551. The summed E-state index contributed by atoms with van der Waals surface area (Å²) in [6.07, 6.45) is 1.53. The van der Waals surface area contributed by atoms with Crippen LogP contribution in [0.15, 0.2) is 36.5 Å². The summed E-state index contributed by atoms with van der Waals surface area (Å²) in [6.45, 7) is 4.30. The minimum atomic E-state index is -0.0551. The standard InChI is InChI=1S/C14H17N5O.ClH/c1-11-10-18(8-7-15-11)14(20)13-9-16-19(17-13)12-5-3-2-4-6-12;/h2-6,9,11,15H,7-8,10H2,1H3;1H/t11-;/m1./s1. The molecule has 1 aromatic heterocycles. The number of nitrogens with one attached hydrogen (secondary N) is 1. The van der Waals surface area contributed by atoms with Crippen molar-refractivity contribution in [3.63, 3.8) is 0 Å². The fraction of sp³-hybridized carbons (Fsp3) is 0.357. The molecule has 1 amide bonds. The van der Waals surface area contributed by atoms with E-state index in [1.165, 1.54) is 11.0 Å². The number of nitrogens with zero attached hydrogens (tertiary/aromatic N) is 4. The van der Waals surface area contributed by atoms with Gasteiger partial charge in [0.1, 0.15) is 0 Å². The molecule has 2 aromatic rings. The molecule has 1 atom stereocenters. The van der Waals surface area contributed by atoms with E-state index in [2.05, 4.69) is 22.4 Å². The van der Waals surface area contributed by atoms with Gasteiger partial charge in [-0.1, -0.05) is 18.2 Å². The highest BCUT2D eigenvalue weighted by Crippen LogP contribution is 2.08. The minimum Gasteiger partial charge on any atom is -0.334 e. The van der Waals surface area contributed by atoms with Crippen LogP contribution in [0.4, 0.5) is 0 Å². The molecule has 1 aliphatic heterocycles. The quantitative estimate of drug-likeness (QED) is 0.903. The van der Waals surface area contributed by atoms with Crippen LogP contribution in [0.1, 0.15) is 17.4 Å². The number of piperazine rings is 1. The van der Waals surface area contributed by atoms with E-state index in [1.807, 2.05) is 35.2 Å². The van der Waals surface area contributed by atoms with E-state index < -0.39 is 0 Å².